The first-order valence-electron chi connectivity index (χ1n) is 9.53. The second kappa shape index (κ2) is 7.58. The fraction of sp³-hybridized carbons (Fsp3) is 0.500. The molecule has 1 aromatic carbocycles. The number of halogens is 1. The molecule has 2 aromatic rings. The van der Waals surface area contributed by atoms with Crippen LogP contribution in [0.3, 0.4) is 0 Å². The number of carbonyl (C=O) groups is 1. The Kier molecular flexibility index (Phi) is 5.01. The summed E-state index contributed by atoms with van der Waals surface area (Å²) in [5.41, 5.74) is 1.93. The molecule has 4 rings (SSSR count). The summed E-state index contributed by atoms with van der Waals surface area (Å²) in [6, 6.07) is 4.22. The largest absolute Gasteiger partial charge is 0.493 e. The third kappa shape index (κ3) is 4.07. The lowest BCUT2D eigenvalue weighted by Gasteiger charge is -2.23. The molecule has 2 unspecified atom stereocenters. The number of fused-ring (bicyclic) bond motifs is 1. The maximum atomic E-state index is 13.7. The van der Waals surface area contributed by atoms with E-state index in [2.05, 4.69) is 10.4 Å². The highest BCUT2D eigenvalue weighted by molar-refractivity contribution is 5.75. The maximum absolute atomic E-state index is 13.7. The van der Waals surface area contributed by atoms with Gasteiger partial charge in [0.15, 0.2) is 0 Å². The molecule has 144 valence electrons. The van der Waals surface area contributed by atoms with Crippen molar-refractivity contribution in [2.45, 2.75) is 31.7 Å². The molecule has 0 radical (unpaired) electrons. The van der Waals surface area contributed by atoms with Crippen molar-refractivity contribution in [3.05, 3.63) is 47.5 Å². The van der Waals surface area contributed by atoms with Crippen molar-refractivity contribution in [3.63, 3.8) is 0 Å². The Morgan fingerprint density at radius 1 is 1.41 bits per heavy atom. The summed E-state index contributed by atoms with van der Waals surface area (Å²) in [6.45, 7) is 2.07. The smallest absolute Gasteiger partial charge is 0.317 e. The summed E-state index contributed by atoms with van der Waals surface area (Å²) in [4.78, 5) is 14.7. The van der Waals surface area contributed by atoms with Crippen molar-refractivity contribution in [1.29, 1.82) is 0 Å². The first kappa shape index (κ1) is 17.8. The van der Waals surface area contributed by atoms with E-state index in [1.165, 1.54) is 17.7 Å². The molecule has 2 aliphatic heterocycles. The molecule has 0 bridgehead atoms. The van der Waals surface area contributed by atoms with Crippen LogP contribution in [0.25, 0.3) is 0 Å². The van der Waals surface area contributed by atoms with E-state index in [9.17, 15) is 9.18 Å². The number of nitrogens with one attached hydrogen (secondary N) is 1. The summed E-state index contributed by atoms with van der Waals surface area (Å²) in [5.74, 6) is 0.799. The number of nitrogens with zero attached hydrogens (tertiary/aromatic N) is 3. The quantitative estimate of drug-likeness (QED) is 0.901. The molecular weight excluding hydrogens is 347 g/mol. The van der Waals surface area contributed by atoms with Gasteiger partial charge in [-0.05, 0) is 55.4 Å². The van der Waals surface area contributed by atoms with Crippen LogP contribution in [0.5, 0.6) is 5.75 Å². The standard InChI is InChI=1S/C20H25FN4O2/c1-24-12-15(11-22-24)9-14-6-7-25(13-14)20(26)23-18-3-2-8-27-19-5-4-16(21)10-17(18)19/h4-5,10-12,14,18H,2-3,6-9,13H2,1H3,(H,23,26). The topological polar surface area (TPSA) is 59.4 Å². The van der Waals surface area contributed by atoms with Crippen LogP contribution >= 0.6 is 0 Å². The number of likely N-dealkylation sites (tertiary alicyclic amines) is 1. The summed E-state index contributed by atoms with van der Waals surface area (Å²) in [6.07, 6.45) is 7.41. The van der Waals surface area contributed by atoms with E-state index in [4.69, 9.17) is 4.74 Å². The molecule has 0 spiro atoms. The summed E-state index contributed by atoms with van der Waals surface area (Å²) in [7, 11) is 1.91. The van der Waals surface area contributed by atoms with Crippen molar-refractivity contribution in [2.24, 2.45) is 13.0 Å². The molecule has 2 aliphatic rings. The van der Waals surface area contributed by atoms with Crippen LogP contribution in [0, 0.1) is 11.7 Å². The minimum atomic E-state index is -0.309. The second-order valence-corrected chi connectivity index (χ2v) is 7.50. The average Bonchev–Trinajstić information content (AvgIpc) is 3.23. The highest BCUT2D eigenvalue weighted by Gasteiger charge is 2.29. The molecule has 0 saturated carbocycles. The van der Waals surface area contributed by atoms with Crippen molar-refractivity contribution in [3.8, 4) is 5.75 Å². The number of hydrogen-bond acceptors (Lipinski definition) is 3. The number of urea groups is 1. The Morgan fingerprint density at radius 2 is 2.30 bits per heavy atom. The normalized spacial score (nSPS) is 22.1. The van der Waals surface area contributed by atoms with Crippen LogP contribution in [0.15, 0.2) is 30.6 Å². The van der Waals surface area contributed by atoms with Crippen LogP contribution in [0.4, 0.5) is 9.18 Å². The third-order valence-electron chi connectivity index (χ3n) is 5.40. The van der Waals surface area contributed by atoms with Gasteiger partial charge in [0, 0.05) is 31.9 Å². The highest BCUT2D eigenvalue weighted by Crippen LogP contribution is 2.32. The fourth-order valence-electron chi connectivity index (χ4n) is 4.03. The number of benzene rings is 1. The van der Waals surface area contributed by atoms with Gasteiger partial charge < -0.3 is 15.0 Å². The summed E-state index contributed by atoms with van der Waals surface area (Å²) >= 11 is 0. The molecule has 1 saturated heterocycles. The van der Waals surface area contributed by atoms with Gasteiger partial charge in [0.1, 0.15) is 11.6 Å². The van der Waals surface area contributed by atoms with Gasteiger partial charge in [-0.15, -0.1) is 0 Å². The molecule has 27 heavy (non-hydrogen) atoms. The first-order valence-corrected chi connectivity index (χ1v) is 9.53. The molecule has 3 heterocycles. The predicted molar refractivity (Wildman–Crippen MR) is 99.0 cm³/mol. The summed E-state index contributed by atoms with van der Waals surface area (Å²) < 4.78 is 21.2. The molecule has 1 aromatic heterocycles. The van der Waals surface area contributed by atoms with Gasteiger partial charge in [0.2, 0.25) is 0 Å². The van der Waals surface area contributed by atoms with Gasteiger partial charge in [-0.3, -0.25) is 4.68 Å². The highest BCUT2D eigenvalue weighted by atomic mass is 19.1. The average molecular weight is 372 g/mol. The zero-order chi connectivity index (χ0) is 18.8. The Balaban J connectivity index is 1.39. The number of aryl methyl sites for hydroxylation is 1. The number of amides is 2. The Hall–Kier alpha value is -2.57. The number of aromatic nitrogens is 2. The SMILES string of the molecule is Cn1cc(CC2CCN(C(=O)NC3CCCOc4ccc(F)cc43)C2)cn1. The zero-order valence-electron chi connectivity index (χ0n) is 15.5. The molecule has 1 N–H and O–H groups in total. The monoisotopic (exact) mass is 372 g/mol. The number of hydrogen-bond donors (Lipinski definition) is 1. The summed E-state index contributed by atoms with van der Waals surface area (Å²) in [5, 5.41) is 7.31. The number of rotatable bonds is 3. The minimum absolute atomic E-state index is 0.0780. The lowest BCUT2D eigenvalue weighted by molar-refractivity contribution is 0.202. The zero-order valence-corrected chi connectivity index (χ0v) is 15.5. The van der Waals surface area contributed by atoms with Gasteiger partial charge in [0.05, 0.1) is 18.8 Å². The van der Waals surface area contributed by atoms with Crippen LogP contribution in [0.1, 0.15) is 36.4 Å². The Labute approximate surface area is 158 Å². The van der Waals surface area contributed by atoms with Crippen molar-refractivity contribution in [1.82, 2.24) is 20.0 Å². The van der Waals surface area contributed by atoms with Gasteiger partial charge in [-0.2, -0.15) is 5.10 Å². The third-order valence-corrected chi connectivity index (χ3v) is 5.40. The van der Waals surface area contributed by atoms with Crippen LogP contribution in [-0.2, 0) is 13.5 Å². The van der Waals surface area contributed by atoms with E-state index in [0.29, 0.717) is 18.3 Å². The van der Waals surface area contributed by atoms with Crippen LogP contribution < -0.4 is 10.1 Å². The number of ether oxygens (including phenoxy) is 1. The molecule has 6 nitrogen and oxygen atoms in total. The van der Waals surface area contributed by atoms with E-state index in [1.807, 2.05) is 24.3 Å². The molecule has 0 aliphatic carbocycles. The molecule has 2 atom stereocenters. The van der Waals surface area contributed by atoms with Crippen molar-refractivity contribution >= 4 is 6.03 Å². The molecular formula is C20H25FN4O2. The Bertz CT molecular complexity index is 822. The molecule has 2 amide bonds. The van der Waals surface area contributed by atoms with E-state index >= 15 is 0 Å². The number of carbonyl (C=O) groups excluding carboxylic acids is 1. The van der Waals surface area contributed by atoms with Crippen LogP contribution in [0.2, 0.25) is 0 Å². The van der Waals surface area contributed by atoms with Gasteiger partial charge in [-0.25, -0.2) is 9.18 Å². The van der Waals surface area contributed by atoms with Gasteiger partial charge in [0.25, 0.3) is 0 Å². The van der Waals surface area contributed by atoms with E-state index < -0.39 is 0 Å². The minimum Gasteiger partial charge on any atom is -0.493 e. The predicted octanol–water partition coefficient (Wildman–Crippen LogP) is 3.05. The fourth-order valence-corrected chi connectivity index (χ4v) is 4.03. The lowest BCUT2D eigenvalue weighted by atomic mass is 10.0. The van der Waals surface area contributed by atoms with E-state index in [-0.39, 0.29) is 17.9 Å². The molecule has 7 heteroatoms. The molecule has 1 fully saturated rings. The van der Waals surface area contributed by atoms with Gasteiger partial charge in [-0.1, -0.05) is 0 Å². The second-order valence-electron chi connectivity index (χ2n) is 7.50. The van der Waals surface area contributed by atoms with Gasteiger partial charge >= 0.3 is 6.03 Å². The van der Waals surface area contributed by atoms with Crippen molar-refractivity contribution < 1.29 is 13.9 Å². The first-order chi connectivity index (χ1) is 13.1. The van der Waals surface area contributed by atoms with E-state index in [1.54, 1.807) is 10.7 Å². The van der Waals surface area contributed by atoms with Crippen LogP contribution in [-0.4, -0.2) is 40.4 Å². The lowest BCUT2D eigenvalue weighted by Crippen LogP contribution is -2.40. The maximum Gasteiger partial charge on any atom is 0.317 e. The van der Waals surface area contributed by atoms with Crippen molar-refractivity contribution in [2.75, 3.05) is 19.7 Å². The Morgan fingerprint density at radius 3 is 3.11 bits per heavy atom. The van der Waals surface area contributed by atoms with E-state index in [0.717, 1.165) is 44.3 Å².